The third-order valence-corrected chi connectivity index (χ3v) is 3.59. The summed E-state index contributed by atoms with van der Waals surface area (Å²) in [6.07, 6.45) is 0.615. The summed E-state index contributed by atoms with van der Waals surface area (Å²) in [6.45, 7) is 10.1. The quantitative estimate of drug-likeness (QED) is 0.649. The molecule has 112 valence electrons. The molecular formula is C20H26O. The standard InChI is InChI=1S/C16H14O.2C2H6/c1-11-6-2-3-7-12(11)15-10-16(17)14-9-5-4-8-13(14)15;2*1-2/h2-9,15H,10H2,1H3;2*1-2H3/t15-;;/m1../s1. The van der Waals surface area contributed by atoms with Gasteiger partial charge in [-0.2, -0.15) is 0 Å². The molecule has 1 aliphatic rings. The molecule has 0 heterocycles. The first-order valence-electron chi connectivity index (χ1n) is 7.95. The van der Waals surface area contributed by atoms with E-state index in [-0.39, 0.29) is 11.7 Å². The number of fused-ring (bicyclic) bond motifs is 1. The van der Waals surface area contributed by atoms with Gasteiger partial charge in [-0.1, -0.05) is 76.2 Å². The fourth-order valence-corrected chi connectivity index (χ4v) is 2.72. The number of aryl methyl sites for hydroxylation is 1. The molecule has 0 N–H and O–H groups in total. The van der Waals surface area contributed by atoms with Crippen LogP contribution < -0.4 is 0 Å². The SMILES string of the molecule is CC.CC.Cc1ccccc1[C@H]1CC(=O)c2ccccc21. The second-order valence-electron chi connectivity index (χ2n) is 4.62. The Bertz CT molecular complexity index is 584. The average molecular weight is 282 g/mol. The van der Waals surface area contributed by atoms with Crippen LogP contribution in [0.1, 0.15) is 67.1 Å². The van der Waals surface area contributed by atoms with E-state index < -0.39 is 0 Å². The van der Waals surface area contributed by atoms with Gasteiger partial charge in [-0.3, -0.25) is 4.79 Å². The zero-order chi connectivity index (χ0) is 15.8. The van der Waals surface area contributed by atoms with Crippen molar-refractivity contribution in [2.24, 2.45) is 0 Å². The van der Waals surface area contributed by atoms with Gasteiger partial charge in [0.1, 0.15) is 0 Å². The van der Waals surface area contributed by atoms with E-state index in [4.69, 9.17) is 0 Å². The van der Waals surface area contributed by atoms with Crippen LogP contribution in [0.3, 0.4) is 0 Å². The summed E-state index contributed by atoms with van der Waals surface area (Å²) < 4.78 is 0. The largest absolute Gasteiger partial charge is 0.294 e. The first kappa shape index (κ1) is 17.2. The molecule has 0 fully saturated rings. The molecular weight excluding hydrogens is 256 g/mol. The van der Waals surface area contributed by atoms with Crippen LogP contribution in [0.5, 0.6) is 0 Å². The first-order valence-corrected chi connectivity index (χ1v) is 7.95. The third-order valence-electron chi connectivity index (χ3n) is 3.59. The van der Waals surface area contributed by atoms with E-state index in [0.29, 0.717) is 6.42 Å². The molecule has 21 heavy (non-hydrogen) atoms. The molecule has 1 nitrogen and oxygen atoms in total. The second kappa shape index (κ2) is 8.41. The van der Waals surface area contributed by atoms with Crippen LogP contribution in [0, 0.1) is 6.92 Å². The van der Waals surface area contributed by atoms with Gasteiger partial charge in [0.15, 0.2) is 5.78 Å². The van der Waals surface area contributed by atoms with Crippen LogP contribution >= 0.6 is 0 Å². The number of benzene rings is 2. The number of Topliss-reactive ketones (excluding diaryl/α,β-unsaturated/α-hetero) is 1. The van der Waals surface area contributed by atoms with Crippen LogP contribution in [-0.2, 0) is 0 Å². The Kier molecular flexibility index (Phi) is 6.87. The molecule has 2 aromatic rings. The number of ketones is 1. The molecule has 0 saturated heterocycles. The van der Waals surface area contributed by atoms with Crippen LogP contribution in [0.25, 0.3) is 0 Å². The topological polar surface area (TPSA) is 17.1 Å². The maximum absolute atomic E-state index is 12.0. The highest BCUT2D eigenvalue weighted by Gasteiger charge is 2.30. The van der Waals surface area contributed by atoms with E-state index in [1.165, 1.54) is 16.7 Å². The molecule has 1 aliphatic carbocycles. The molecule has 0 amide bonds. The Labute approximate surface area is 129 Å². The first-order chi connectivity index (χ1) is 10.3. The fourth-order valence-electron chi connectivity index (χ4n) is 2.72. The van der Waals surface area contributed by atoms with Gasteiger partial charge in [-0.05, 0) is 23.6 Å². The van der Waals surface area contributed by atoms with E-state index in [0.717, 1.165) is 5.56 Å². The lowest BCUT2D eigenvalue weighted by atomic mass is 9.90. The van der Waals surface area contributed by atoms with Crippen LogP contribution in [0.2, 0.25) is 0 Å². The Morgan fingerprint density at radius 3 is 1.95 bits per heavy atom. The summed E-state index contributed by atoms with van der Waals surface area (Å²) in [5.41, 5.74) is 4.64. The predicted octanol–water partition coefficient (Wildman–Crippen LogP) is 5.77. The minimum atomic E-state index is 0.250. The third kappa shape index (κ3) is 3.60. The number of hydrogen-bond acceptors (Lipinski definition) is 1. The van der Waals surface area contributed by atoms with Gasteiger partial charge in [-0.25, -0.2) is 0 Å². The fraction of sp³-hybridized carbons (Fsp3) is 0.350. The molecule has 1 heteroatoms. The molecule has 0 aliphatic heterocycles. The zero-order valence-corrected chi connectivity index (χ0v) is 13.8. The van der Waals surface area contributed by atoms with Gasteiger partial charge in [0.05, 0.1) is 0 Å². The van der Waals surface area contributed by atoms with Crippen molar-refractivity contribution in [3.05, 3.63) is 70.8 Å². The molecule has 0 saturated carbocycles. The Balaban J connectivity index is 0.000000510. The summed E-state index contributed by atoms with van der Waals surface area (Å²) in [5, 5.41) is 0. The Morgan fingerprint density at radius 2 is 1.33 bits per heavy atom. The summed E-state index contributed by atoms with van der Waals surface area (Å²) >= 11 is 0. The van der Waals surface area contributed by atoms with Gasteiger partial charge < -0.3 is 0 Å². The average Bonchev–Trinajstić information content (AvgIpc) is 2.89. The number of carbonyl (C=O) groups is 1. The van der Waals surface area contributed by atoms with E-state index in [1.54, 1.807) is 0 Å². The van der Waals surface area contributed by atoms with Crippen molar-refractivity contribution in [1.29, 1.82) is 0 Å². The maximum Gasteiger partial charge on any atom is 0.164 e. The maximum atomic E-state index is 12.0. The molecule has 0 aromatic heterocycles. The predicted molar refractivity (Wildman–Crippen MR) is 91.1 cm³/mol. The lowest BCUT2D eigenvalue weighted by molar-refractivity contribution is 0.0991. The second-order valence-corrected chi connectivity index (χ2v) is 4.62. The number of hydrogen-bond donors (Lipinski definition) is 0. The van der Waals surface area contributed by atoms with Crippen molar-refractivity contribution in [1.82, 2.24) is 0 Å². The van der Waals surface area contributed by atoms with Gasteiger partial charge in [0, 0.05) is 17.9 Å². The molecule has 3 rings (SSSR count). The molecule has 0 unspecified atom stereocenters. The monoisotopic (exact) mass is 282 g/mol. The van der Waals surface area contributed by atoms with E-state index in [9.17, 15) is 4.79 Å². The summed E-state index contributed by atoms with van der Waals surface area (Å²) in [6, 6.07) is 16.3. The molecule has 0 spiro atoms. The van der Waals surface area contributed by atoms with Gasteiger partial charge in [0.25, 0.3) is 0 Å². The Hall–Kier alpha value is -1.89. The lowest BCUT2D eigenvalue weighted by Crippen LogP contribution is -1.99. The van der Waals surface area contributed by atoms with Crippen LogP contribution in [0.15, 0.2) is 48.5 Å². The van der Waals surface area contributed by atoms with E-state index >= 15 is 0 Å². The van der Waals surface area contributed by atoms with E-state index in [1.807, 2.05) is 58.0 Å². The van der Waals surface area contributed by atoms with E-state index in [2.05, 4.69) is 25.1 Å². The van der Waals surface area contributed by atoms with Crippen molar-refractivity contribution in [2.45, 2.75) is 47.0 Å². The molecule has 2 aromatic carbocycles. The normalized spacial score (nSPS) is 15.3. The van der Waals surface area contributed by atoms with Crippen LogP contribution in [-0.4, -0.2) is 5.78 Å². The van der Waals surface area contributed by atoms with Gasteiger partial charge in [-0.15, -0.1) is 0 Å². The zero-order valence-electron chi connectivity index (χ0n) is 13.8. The number of carbonyl (C=O) groups excluding carboxylic acids is 1. The smallest absolute Gasteiger partial charge is 0.164 e. The van der Waals surface area contributed by atoms with Crippen molar-refractivity contribution in [3.8, 4) is 0 Å². The van der Waals surface area contributed by atoms with Crippen molar-refractivity contribution in [2.75, 3.05) is 0 Å². The highest BCUT2D eigenvalue weighted by atomic mass is 16.1. The molecule has 0 radical (unpaired) electrons. The Morgan fingerprint density at radius 1 is 0.810 bits per heavy atom. The molecule has 1 atom stereocenters. The number of rotatable bonds is 1. The van der Waals surface area contributed by atoms with Gasteiger partial charge in [0.2, 0.25) is 0 Å². The minimum absolute atomic E-state index is 0.250. The van der Waals surface area contributed by atoms with Crippen molar-refractivity contribution < 1.29 is 4.79 Å². The minimum Gasteiger partial charge on any atom is -0.294 e. The highest BCUT2D eigenvalue weighted by Crippen LogP contribution is 2.38. The molecule has 0 bridgehead atoms. The van der Waals surface area contributed by atoms with Crippen molar-refractivity contribution in [3.63, 3.8) is 0 Å². The van der Waals surface area contributed by atoms with Crippen molar-refractivity contribution >= 4 is 5.78 Å². The highest BCUT2D eigenvalue weighted by molar-refractivity contribution is 6.01. The van der Waals surface area contributed by atoms with Crippen LogP contribution in [0.4, 0.5) is 0 Å². The summed E-state index contributed by atoms with van der Waals surface area (Å²) in [4.78, 5) is 12.0. The summed E-state index contributed by atoms with van der Waals surface area (Å²) in [7, 11) is 0. The van der Waals surface area contributed by atoms with Gasteiger partial charge >= 0.3 is 0 Å². The summed E-state index contributed by atoms with van der Waals surface area (Å²) in [5.74, 6) is 0.522. The lowest BCUT2D eigenvalue weighted by Gasteiger charge is -2.13.